The number of rotatable bonds is 8. The van der Waals surface area contributed by atoms with E-state index in [-0.39, 0.29) is 17.2 Å². The monoisotopic (exact) mass is 398 g/mol. The maximum absolute atomic E-state index is 12.6. The van der Waals surface area contributed by atoms with Gasteiger partial charge in [-0.05, 0) is 50.5 Å². The van der Waals surface area contributed by atoms with Crippen molar-refractivity contribution in [2.75, 3.05) is 11.1 Å². The van der Waals surface area contributed by atoms with Crippen LogP contribution in [0.2, 0.25) is 0 Å². The molecule has 0 unspecified atom stereocenters. The van der Waals surface area contributed by atoms with E-state index in [1.54, 1.807) is 4.57 Å². The highest BCUT2D eigenvalue weighted by molar-refractivity contribution is 7.99. The van der Waals surface area contributed by atoms with Crippen LogP contribution in [0.25, 0.3) is 11.0 Å². The molecule has 2 heterocycles. The molecule has 0 aliphatic carbocycles. The van der Waals surface area contributed by atoms with Crippen LogP contribution >= 0.6 is 11.8 Å². The van der Waals surface area contributed by atoms with E-state index in [4.69, 9.17) is 0 Å². The molecule has 3 rings (SSSR count). The normalized spacial score (nSPS) is 11.1. The molecule has 6 nitrogen and oxygen atoms in total. The number of thioether (sulfide) groups is 1. The topological polar surface area (TPSA) is 79.8 Å². The van der Waals surface area contributed by atoms with Crippen LogP contribution in [-0.4, -0.2) is 26.2 Å². The molecular weight excluding hydrogens is 372 g/mol. The summed E-state index contributed by atoms with van der Waals surface area (Å²) in [5.74, 6) is 0.0763. The average molecular weight is 399 g/mol. The number of H-pyrrole nitrogens is 1. The minimum Gasteiger partial charge on any atom is -0.353 e. The predicted octanol–water partition coefficient (Wildman–Crippen LogP) is 4.13. The van der Waals surface area contributed by atoms with E-state index >= 15 is 0 Å². The predicted molar refractivity (Wildman–Crippen MR) is 115 cm³/mol. The Balaban J connectivity index is 1.66. The maximum atomic E-state index is 12.6. The van der Waals surface area contributed by atoms with Crippen molar-refractivity contribution >= 4 is 34.4 Å². The fraction of sp³-hybridized carbons (Fsp3) is 0.381. The lowest BCUT2D eigenvalue weighted by Gasteiger charge is -2.10. The van der Waals surface area contributed by atoms with E-state index in [2.05, 4.69) is 34.3 Å². The van der Waals surface area contributed by atoms with Crippen LogP contribution in [0.1, 0.15) is 37.9 Å². The molecule has 0 saturated carbocycles. The van der Waals surface area contributed by atoms with Crippen molar-refractivity contribution in [1.29, 1.82) is 0 Å². The summed E-state index contributed by atoms with van der Waals surface area (Å²) in [6.45, 7) is 6.47. The van der Waals surface area contributed by atoms with Crippen molar-refractivity contribution in [3.63, 3.8) is 0 Å². The van der Waals surface area contributed by atoms with E-state index in [0.29, 0.717) is 22.7 Å². The molecule has 2 N–H and O–H groups in total. The number of unbranched alkanes of at least 4 members (excludes halogenated alkanes) is 1. The summed E-state index contributed by atoms with van der Waals surface area (Å²) in [6.07, 6.45) is 3.39. The molecule has 0 saturated heterocycles. The molecule has 7 heteroatoms. The number of carbonyl (C=O) groups excluding carboxylic acids is 1. The highest BCUT2D eigenvalue weighted by atomic mass is 32.2. The smallest absolute Gasteiger partial charge is 0.278 e. The van der Waals surface area contributed by atoms with Crippen molar-refractivity contribution < 1.29 is 4.79 Å². The third-order valence-corrected chi connectivity index (χ3v) is 5.52. The van der Waals surface area contributed by atoms with Gasteiger partial charge in [0.25, 0.3) is 5.56 Å². The van der Waals surface area contributed by atoms with Crippen molar-refractivity contribution in [1.82, 2.24) is 14.5 Å². The van der Waals surface area contributed by atoms with Gasteiger partial charge in [-0.1, -0.05) is 37.2 Å². The lowest BCUT2D eigenvalue weighted by atomic mass is 10.1. The third-order valence-electron chi connectivity index (χ3n) is 4.54. The standard InChI is InChI=1S/C21H26N4O2S/c1-4-6-7-15-8-10-16(11-9-15)23-18(26)13-28-21-24-17-12-14(3)22-19(17)20(27)25(21)5-2/h8-12,22H,4-7,13H2,1-3H3,(H,23,26). The minimum absolute atomic E-state index is 0.105. The second kappa shape index (κ2) is 9.10. The fourth-order valence-electron chi connectivity index (χ4n) is 3.06. The van der Waals surface area contributed by atoms with Crippen LogP contribution in [0.4, 0.5) is 5.69 Å². The molecule has 1 amide bonds. The molecule has 0 aliphatic heterocycles. The van der Waals surface area contributed by atoms with Crippen molar-refractivity contribution in [2.45, 2.75) is 51.7 Å². The summed E-state index contributed by atoms with van der Waals surface area (Å²) in [4.78, 5) is 32.6. The first kappa shape index (κ1) is 20.2. The summed E-state index contributed by atoms with van der Waals surface area (Å²) in [5.41, 5.74) is 3.99. The second-order valence-corrected chi connectivity index (χ2v) is 7.74. The van der Waals surface area contributed by atoms with Gasteiger partial charge in [0.15, 0.2) is 5.16 Å². The molecule has 0 radical (unpaired) electrons. The lowest BCUT2D eigenvalue weighted by Crippen LogP contribution is -2.23. The molecule has 0 atom stereocenters. The summed E-state index contributed by atoms with van der Waals surface area (Å²) < 4.78 is 1.60. The number of carbonyl (C=O) groups is 1. The summed E-state index contributed by atoms with van der Waals surface area (Å²) in [7, 11) is 0. The molecule has 0 aliphatic rings. The molecular formula is C21H26N4O2S. The SMILES string of the molecule is CCCCc1ccc(NC(=O)CSc2nc3cc(C)[nH]c3c(=O)n2CC)cc1. The zero-order valence-electron chi connectivity index (χ0n) is 16.5. The van der Waals surface area contributed by atoms with Gasteiger partial charge in [0.2, 0.25) is 5.91 Å². The summed E-state index contributed by atoms with van der Waals surface area (Å²) >= 11 is 1.28. The lowest BCUT2D eigenvalue weighted by molar-refractivity contribution is -0.113. The van der Waals surface area contributed by atoms with Crippen LogP contribution in [0.15, 0.2) is 40.3 Å². The highest BCUT2D eigenvalue weighted by Gasteiger charge is 2.14. The van der Waals surface area contributed by atoms with E-state index in [9.17, 15) is 9.59 Å². The number of aromatic nitrogens is 3. The number of anilines is 1. The molecule has 2 aromatic heterocycles. The number of aryl methyl sites for hydroxylation is 2. The fourth-order valence-corrected chi connectivity index (χ4v) is 3.93. The summed E-state index contributed by atoms with van der Waals surface area (Å²) in [5, 5.41) is 3.47. The van der Waals surface area contributed by atoms with Crippen LogP contribution in [0.3, 0.4) is 0 Å². The van der Waals surface area contributed by atoms with Crippen LogP contribution < -0.4 is 10.9 Å². The zero-order chi connectivity index (χ0) is 20.1. The van der Waals surface area contributed by atoms with Crippen LogP contribution in [-0.2, 0) is 17.8 Å². The highest BCUT2D eigenvalue weighted by Crippen LogP contribution is 2.19. The number of aromatic amines is 1. The van der Waals surface area contributed by atoms with Crippen molar-refractivity contribution in [2.24, 2.45) is 0 Å². The van der Waals surface area contributed by atoms with Crippen LogP contribution in [0.5, 0.6) is 0 Å². The molecule has 1 aromatic carbocycles. The Morgan fingerprint density at radius 2 is 2.00 bits per heavy atom. The number of nitrogens with zero attached hydrogens (tertiary/aromatic N) is 2. The van der Waals surface area contributed by atoms with E-state index in [0.717, 1.165) is 17.8 Å². The molecule has 3 aromatic rings. The zero-order valence-corrected chi connectivity index (χ0v) is 17.4. The van der Waals surface area contributed by atoms with Crippen molar-refractivity contribution in [3.05, 3.63) is 51.9 Å². The number of nitrogens with one attached hydrogen (secondary N) is 2. The quantitative estimate of drug-likeness (QED) is 0.442. The van der Waals surface area contributed by atoms with Gasteiger partial charge in [-0.25, -0.2) is 4.98 Å². The first-order valence-electron chi connectivity index (χ1n) is 9.63. The van der Waals surface area contributed by atoms with E-state index in [1.165, 1.54) is 30.2 Å². The second-order valence-electron chi connectivity index (χ2n) is 6.79. The maximum Gasteiger partial charge on any atom is 0.278 e. The Bertz CT molecular complexity index is 1020. The van der Waals surface area contributed by atoms with Gasteiger partial charge in [-0.2, -0.15) is 0 Å². The number of hydrogen-bond donors (Lipinski definition) is 2. The van der Waals surface area contributed by atoms with Crippen molar-refractivity contribution in [3.8, 4) is 0 Å². The Morgan fingerprint density at radius 3 is 2.68 bits per heavy atom. The first-order chi connectivity index (χ1) is 13.5. The van der Waals surface area contributed by atoms with Gasteiger partial charge < -0.3 is 10.3 Å². The average Bonchev–Trinajstić information content (AvgIpc) is 3.06. The number of hydrogen-bond acceptors (Lipinski definition) is 4. The van der Waals surface area contributed by atoms with Gasteiger partial charge in [0.05, 0.1) is 11.3 Å². The largest absolute Gasteiger partial charge is 0.353 e. The Hall–Kier alpha value is -2.54. The third kappa shape index (κ3) is 4.65. The number of benzene rings is 1. The van der Waals surface area contributed by atoms with Gasteiger partial charge in [-0.15, -0.1) is 0 Å². The molecule has 0 bridgehead atoms. The molecule has 28 heavy (non-hydrogen) atoms. The Labute approximate surface area is 168 Å². The van der Waals surface area contributed by atoms with Gasteiger partial charge in [0.1, 0.15) is 5.52 Å². The van der Waals surface area contributed by atoms with E-state index < -0.39 is 0 Å². The van der Waals surface area contributed by atoms with E-state index in [1.807, 2.05) is 32.0 Å². The Kier molecular flexibility index (Phi) is 6.57. The number of amides is 1. The van der Waals surface area contributed by atoms with Crippen LogP contribution in [0, 0.1) is 6.92 Å². The Morgan fingerprint density at radius 1 is 1.25 bits per heavy atom. The number of fused-ring (bicyclic) bond motifs is 1. The molecule has 148 valence electrons. The molecule has 0 fully saturated rings. The minimum atomic E-state index is -0.117. The first-order valence-corrected chi connectivity index (χ1v) is 10.6. The molecule has 0 spiro atoms. The van der Waals surface area contributed by atoms with Gasteiger partial charge in [-0.3, -0.25) is 14.2 Å². The van der Waals surface area contributed by atoms with Gasteiger partial charge >= 0.3 is 0 Å². The van der Waals surface area contributed by atoms with Gasteiger partial charge in [0, 0.05) is 17.9 Å². The summed E-state index contributed by atoms with van der Waals surface area (Å²) in [6, 6.07) is 9.82.